The minimum absolute atomic E-state index is 1.03. The molecule has 0 unspecified atom stereocenters. The van der Waals surface area contributed by atoms with Crippen LogP contribution < -0.4 is 0 Å². The molecule has 0 fully saturated rings. The smallest absolute Gasteiger partial charge is 0.141 e. The SMILES string of the molecule is CCCCCCn1c(-c2cccc3ccccc23)nc2ccccc21. The molecule has 0 N–H and O–H groups in total. The third kappa shape index (κ3) is 3.05. The fourth-order valence-electron chi connectivity index (χ4n) is 3.62. The van der Waals surface area contributed by atoms with E-state index >= 15 is 0 Å². The highest BCUT2D eigenvalue weighted by Gasteiger charge is 2.14. The van der Waals surface area contributed by atoms with Crippen LogP contribution >= 0.6 is 0 Å². The number of imidazole rings is 1. The summed E-state index contributed by atoms with van der Waals surface area (Å²) < 4.78 is 2.41. The molecule has 4 aromatic rings. The van der Waals surface area contributed by atoms with Crippen LogP contribution in [0.25, 0.3) is 33.2 Å². The van der Waals surface area contributed by atoms with Gasteiger partial charge < -0.3 is 4.57 Å². The van der Waals surface area contributed by atoms with Crippen LogP contribution in [0.5, 0.6) is 0 Å². The van der Waals surface area contributed by atoms with Gasteiger partial charge in [-0.15, -0.1) is 0 Å². The van der Waals surface area contributed by atoms with E-state index in [1.165, 1.54) is 47.5 Å². The summed E-state index contributed by atoms with van der Waals surface area (Å²) in [6.45, 7) is 3.28. The molecule has 4 rings (SSSR count). The Kier molecular flexibility index (Phi) is 4.51. The quantitative estimate of drug-likeness (QED) is 0.373. The van der Waals surface area contributed by atoms with Crippen molar-refractivity contribution < 1.29 is 0 Å². The van der Waals surface area contributed by atoms with Gasteiger partial charge in [-0.2, -0.15) is 0 Å². The molecular formula is C23H24N2. The van der Waals surface area contributed by atoms with E-state index in [1.54, 1.807) is 0 Å². The molecule has 1 aromatic heterocycles. The van der Waals surface area contributed by atoms with Crippen LogP contribution in [0.3, 0.4) is 0 Å². The maximum Gasteiger partial charge on any atom is 0.141 e. The first-order valence-electron chi connectivity index (χ1n) is 9.32. The topological polar surface area (TPSA) is 17.8 Å². The lowest BCUT2D eigenvalue weighted by Crippen LogP contribution is -2.01. The van der Waals surface area contributed by atoms with Gasteiger partial charge in [0.05, 0.1) is 11.0 Å². The van der Waals surface area contributed by atoms with Crippen molar-refractivity contribution in [3.8, 4) is 11.4 Å². The largest absolute Gasteiger partial charge is 0.324 e. The highest BCUT2D eigenvalue weighted by atomic mass is 15.1. The maximum absolute atomic E-state index is 4.99. The molecule has 0 saturated heterocycles. The number of aryl methyl sites for hydroxylation is 1. The number of unbranched alkanes of at least 4 members (excludes halogenated alkanes) is 3. The number of fused-ring (bicyclic) bond motifs is 2. The van der Waals surface area contributed by atoms with E-state index in [0.717, 1.165) is 17.9 Å². The molecule has 0 amide bonds. The van der Waals surface area contributed by atoms with Crippen LogP contribution in [-0.4, -0.2) is 9.55 Å². The summed E-state index contributed by atoms with van der Waals surface area (Å²) in [4.78, 5) is 4.99. The number of hydrogen-bond donors (Lipinski definition) is 0. The second-order valence-corrected chi connectivity index (χ2v) is 6.66. The number of hydrogen-bond acceptors (Lipinski definition) is 1. The Morgan fingerprint density at radius 2 is 1.60 bits per heavy atom. The first-order chi connectivity index (χ1) is 12.4. The summed E-state index contributed by atoms with van der Waals surface area (Å²) in [5.41, 5.74) is 3.55. The summed E-state index contributed by atoms with van der Waals surface area (Å²) in [5, 5.41) is 2.54. The fourth-order valence-corrected chi connectivity index (χ4v) is 3.62. The number of aromatic nitrogens is 2. The molecule has 0 aliphatic rings. The fraction of sp³-hybridized carbons (Fsp3) is 0.261. The standard InChI is InChI=1S/C23H24N2/c1-2-3-4-9-17-25-22-16-8-7-15-21(22)24-23(25)20-14-10-12-18-11-5-6-13-19(18)20/h5-8,10-16H,2-4,9,17H2,1H3. The van der Waals surface area contributed by atoms with Gasteiger partial charge in [-0.1, -0.05) is 80.8 Å². The zero-order valence-corrected chi connectivity index (χ0v) is 14.8. The highest BCUT2D eigenvalue weighted by molar-refractivity contribution is 5.96. The predicted octanol–water partition coefficient (Wildman–Crippen LogP) is 6.44. The molecule has 0 radical (unpaired) electrons. The molecule has 3 aromatic carbocycles. The zero-order valence-electron chi connectivity index (χ0n) is 14.8. The summed E-state index contributed by atoms with van der Waals surface area (Å²) in [6.07, 6.45) is 5.04. The number of para-hydroxylation sites is 2. The van der Waals surface area contributed by atoms with Crippen molar-refractivity contribution >= 4 is 21.8 Å². The zero-order chi connectivity index (χ0) is 17.1. The lowest BCUT2D eigenvalue weighted by molar-refractivity contribution is 0.594. The summed E-state index contributed by atoms with van der Waals surface area (Å²) in [6, 6.07) is 23.6. The lowest BCUT2D eigenvalue weighted by atomic mass is 10.0. The van der Waals surface area contributed by atoms with Crippen molar-refractivity contribution in [3.63, 3.8) is 0 Å². The third-order valence-corrected chi connectivity index (χ3v) is 4.92. The van der Waals surface area contributed by atoms with Crippen molar-refractivity contribution in [3.05, 3.63) is 66.7 Å². The molecule has 0 aliphatic carbocycles. The third-order valence-electron chi connectivity index (χ3n) is 4.92. The number of nitrogens with zero attached hydrogens (tertiary/aromatic N) is 2. The Balaban J connectivity index is 1.85. The molecule has 0 aliphatic heterocycles. The Hall–Kier alpha value is -2.61. The first-order valence-corrected chi connectivity index (χ1v) is 9.32. The predicted molar refractivity (Wildman–Crippen MR) is 107 cm³/mol. The van der Waals surface area contributed by atoms with E-state index in [-0.39, 0.29) is 0 Å². The van der Waals surface area contributed by atoms with Gasteiger partial charge in [0.15, 0.2) is 0 Å². The summed E-state index contributed by atoms with van der Waals surface area (Å²) in [5.74, 6) is 1.09. The van der Waals surface area contributed by atoms with Crippen LogP contribution in [0.15, 0.2) is 66.7 Å². The normalized spacial score (nSPS) is 11.4. The van der Waals surface area contributed by atoms with Crippen molar-refractivity contribution in [1.29, 1.82) is 0 Å². The molecule has 25 heavy (non-hydrogen) atoms. The molecule has 126 valence electrons. The number of rotatable bonds is 6. The summed E-state index contributed by atoms with van der Waals surface area (Å²) >= 11 is 0. The van der Waals surface area contributed by atoms with Crippen molar-refractivity contribution in [1.82, 2.24) is 9.55 Å². The van der Waals surface area contributed by atoms with Crippen LogP contribution in [0.2, 0.25) is 0 Å². The Morgan fingerprint density at radius 1 is 0.800 bits per heavy atom. The molecule has 2 nitrogen and oxygen atoms in total. The molecule has 1 heterocycles. The van der Waals surface area contributed by atoms with E-state index in [1.807, 2.05) is 0 Å². The monoisotopic (exact) mass is 328 g/mol. The Morgan fingerprint density at radius 3 is 2.52 bits per heavy atom. The second-order valence-electron chi connectivity index (χ2n) is 6.66. The van der Waals surface area contributed by atoms with E-state index in [9.17, 15) is 0 Å². The molecule has 0 atom stereocenters. The van der Waals surface area contributed by atoms with Gasteiger partial charge in [0.25, 0.3) is 0 Å². The maximum atomic E-state index is 4.99. The molecule has 2 heteroatoms. The highest BCUT2D eigenvalue weighted by Crippen LogP contribution is 2.31. The van der Waals surface area contributed by atoms with E-state index in [4.69, 9.17) is 4.98 Å². The van der Waals surface area contributed by atoms with E-state index in [2.05, 4.69) is 78.2 Å². The second kappa shape index (κ2) is 7.10. The summed E-state index contributed by atoms with van der Waals surface area (Å²) in [7, 11) is 0. The lowest BCUT2D eigenvalue weighted by Gasteiger charge is -2.11. The van der Waals surface area contributed by atoms with Gasteiger partial charge in [0.1, 0.15) is 5.82 Å². The van der Waals surface area contributed by atoms with Gasteiger partial charge in [-0.05, 0) is 29.3 Å². The van der Waals surface area contributed by atoms with Gasteiger partial charge >= 0.3 is 0 Å². The molecule has 0 saturated carbocycles. The van der Waals surface area contributed by atoms with Crippen LogP contribution in [0.4, 0.5) is 0 Å². The Labute approximate surface area is 149 Å². The van der Waals surface area contributed by atoms with Crippen molar-refractivity contribution in [2.45, 2.75) is 39.2 Å². The van der Waals surface area contributed by atoms with Gasteiger partial charge in [0.2, 0.25) is 0 Å². The Bertz CT molecular complexity index is 992. The van der Waals surface area contributed by atoms with Crippen LogP contribution in [0, 0.1) is 0 Å². The minimum atomic E-state index is 1.03. The molecule has 0 bridgehead atoms. The van der Waals surface area contributed by atoms with Gasteiger partial charge in [-0.3, -0.25) is 0 Å². The van der Waals surface area contributed by atoms with Gasteiger partial charge in [-0.25, -0.2) is 4.98 Å². The van der Waals surface area contributed by atoms with Crippen molar-refractivity contribution in [2.24, 2.45) is 0 Å². The minimum Gasteiger partial charge on any atom is -0.324 e. The van der Waals surface area contributed by atoms with Crippen molar-refractivity contribution in [2.75, 3.05) is 0 Å². The molecular weight excluding hydrogens is 304 g/mol. The first kappa shape index (κ1) is 15.9. The van der Waals surface area contributed by atoms with Crippen LogP contribution in [0.1, 0.15) is 32.6 Å². The van der Waals surface area contributed by atoms with E-state index in [0.29, 0.717) is 0 Å². The van der Waals surface area contributed by atoms with Crippen LogP contribution in [-0.2, 0) is 6.54 Å². The van der Waals surface area contributed by atoms with E-state index < -0.39 is 0 Å². The molecule has 0 spiro atoms. The van der Waals surface area contributed by atoms with Gasteiger partial charge in [0, 0.05) is 12.1 Å². The number of benzene rings is 3. The average Bonchev–Trinajstić information content (AvgIpc) is 3.03. The average molecular weight is 328 g/mol.